The Balaban J connectivity index is 2.46. The van der Waals surface area contributed by atoms with Gasteiger partial charge in [0.25, 0.3) is 0 Å². The fourth-order valence-corrected chi connectivity index (χ4v) is 3.58. The van der Waals surface area contributed by atoms with E-state index >= 15 is 0 Å². The topological polar surface area (TPSA) is 22.8 Å². The minimum absolute atomic E-state index is 0.601. The number of rotatable bonds is 16. The summed E-state index contributed by atoms with van der Waals surface area (Å²) >= 11 is 0. The molecule has 170 valence electrons. The highest BCUT2D eigenvalue weighted by molar-refractivity contribution is 5.55. The van der Waals surface area contributed by atoms with Gasteiger partial charge in [0.1, 0.15) is 0 Å². The molecular weight excluding hydrogens is 370 g/mol. The van der Waals surface area contributed by atoms with Crippen LogP contribution in [0.5, 0.6) is 11.5 Å². The molecule has 1 rings (SSSR count). The smallest absolute Gasteiger partial charge is 0.191 e. The second kappa shape index (κ2) is 15.2. The largest absolute Gasteiger partial charge is 0.491 e. The van der Waals surface area contributed by atoms with E-state index in [1.807, 2.05) is 18.2 Å². The van der Waals surface area contributed by atoms with E-state index in [2.05, 4.69) is 46.4 Å². The van der Waals surface area contributed by atoms with Crippen LogP contribution in [-0.2, 0) is 0 Å². The van der Waals surface area contributed by atoms with E-state index in [0.717, 1.165) is 30.4 Å². The molecular formula is C27H45NO2. The average molecular weight is 416 g/mol. The van der Waals surface area contributed by atoms with Gasteiger partial charge in [-0.3, -0.25) is 0 Å². The molecule has 30 heavy (non-hydrogen) atoms. The van der Waals surface area contributed by atoms with Crippen LogP contribution in [0, 0.1) is 30.2 Å². The fourth-order valence-electron chi connectivity index (χ4n) is 3.58. The van der Waals surface area contributed by atoms with Crippen LogP contribution in [0.1, 0.15) is 92.9 Å². The number of nitrogens with zero attached hydrogens (tertiary/aromatic N) is 1. The molecule has 3 heteroatoms. The van der Waals surface area contributed by atoms with Crippen LogP contribution in [0.15, 0.2) is 18.2 Å². The van der Waals surface area contributed by atoms with E-state index in [1.165, 1.54) is 38.5 Å². The van der Waals surface area contributed by atoms with Gasteiger partial charge in [0.05, 0.1) is 19.8 Å². The van der Waals surface area contributed by atoms with Crippen molar-refractivity contribution in [2.45, 2.75) is 92.9 Å². The van der Waals surface area contributed by atoms with Crippen molar-refractivity contribution in [3.63, 3.8) is 0 Å². The first-order valence-corrected chi connectivity index (χ1v) is 12.1. The summed E-state index contributed by atoms with van der Waals surface area (Å²) in [7, 11) is 0. The van der Waals surface area contributed by atoms with Gasteiger partial charge in [-0.1, -0.05) is 86.1 Å². The van der Waals surface area contributed by atoms with Crippen LogP contribution in [0.2, 0.25) is 0 Å². The van der Waals surface area contributed by atoms with Gasteiger partial charge < -0.3 is 9.47 Å². The number of hydrogen-bond donors (Lipinski definition) is 0. The number of hydrogen-bond acceptors (Lipinski definition) is 2. The minimum Gasteiger partial charge on any atom is -0.491 e. The van der Waals surface area contributed by atoms with Crippen molar-refractivity contribution in [3.05, 3.63) is 29.6 Å². The van der Waals surface area contributed by atoms with E-state index in [9.17, 15) is 0 Å². The summed E-state index contributed by atoms with van der Waals surface area (Å²) in [6, 6.07) is 5.52. The number of benzene rings is 1. The Kier molecular flexibility index (Phi) is 13.3. The highest BCUT2D eigenvalue weighted by Gasteiger charge is 2.10. The molecule has 0 aliphatic rings. The first-order valence-electron chi connectivity index (χ1n) is 12.1. The zero-order chi connectivity index (χ0) is 22.4. The van der Waals surface area contributed by atoms with Crippen LogP contribution < -0.4 is 9.47 Å². The molecule has 0 heterocycles. The molecule has 0 saturated carbocycles. The van der Waals surface area contributed by atoms with E-state index < -0.39 is 0 Å². The average Bonchev–Trinajstić information content (AvgIpc) is 2.68. The minimum atomic E-state index is 0.601. The normalized spacial score (nSPS) is 13.3. The standard InChI is InChI=1S/C27H45NO2/c1-21(2)10-8-12-23(5)16-18-29-26-15-14-25(28-7)20-27(26)30-19-17-24(6)13-9-11-22(3)4/h14-15,20-24H,8-13,16-19H2,1-6H3/t23-,24-/m0/s1. The van der Waals surface area contributed by atoms with E-state index in [-0.39, 0.29) is 0 Å². The van der Waals surface area contributed by atoms with E-state index in [4.69, 9.17) is 16.0 Å². The SMILES string of the molecule is [C-]#[N+]c1ccc(OCC[C@@H](C)CCCC(C)C)c(OCC[C@@H](C)CCCC(C)C)c1. The Bertz CT molecular complexity index is 618. The van der Waals surface area contributed by atoms with Gasteiger partial charge in [-0.15, -0.1) is 0 Å². The zero-order valence-corrected chi connectivity index (χ0v) is 20.4. The first kappa shape index (κ1) is 26.3. The Morgan fingerprint density at radius 3 is 1.67 bits per heavy atom. The maximum Gasteiger partial charge on any atom is 0.191 e. The quantitative estimate of drug-likeness (QED) is 0.252. The second-order valence-corrected chi connectivity index (χ2v) is 9.88. The lowest BCUT2D eigenvalue weighted by Crippen LogP contribution is -2.08. The lowest BCUT2D eigenvalue weighted by molar-refractivity contribution is 0.237. The van der Waals surface area contributed by atoms with Gasteiger partial charge in [-0.05, 0) is 48.6 Å². The Hall–Kier alpha value is -1.69. The third-order valence-electron chi connectivity index (χ3n) is 5.75. The third kappa shape index (κ3) is 12.1. The van der Waals surface area contributed by atoms with E-state index in [0.29, 0.717) is 36.5 Å². The van der Waals surface area contributed by atoms with Crippen molar-refractivity contribution in [1.82, 2.24) is 0 Å². The Labute approximate surface area is 186 Å². The van der Waals surface area contributed by atoms with Crippen LogP contribution in [0.3, 0.4) is 0 Å². The van der Waals surface area contributed by atoms with Crippen LogP contribution in [0.4, 0.5) is 5.69 Å². The van der Waals surface area contributed by atoms with Gasteiger partial charge >= 0.3 is 0 Å². The lowest BCUT2D eigenvalue weighted by Gasteiger charge is -2.17. The lowest BCUT2D eigenvalue weighted by atomic mass is 9.97. The maximum absolute atomic E-state index is 7.28. The molecule has 0 saturated heterocycles. The number of ether oxygens (including phenoxy) is 2. The zero-order valence-electron chi connectivity index (χ0n) is 20.4. The fraction of sp³-hybridized carbons (Fsp3) is 0.741. The van der Waals surface area contributed by atoms with Gasteiger partial charge in [-0.25, -0.2) is 4.85 Å². The highest BCUT2D eigenvalue weighted by Crippen LogP contribution is 2.32. The summed E-state index contributed by atoms with van der Waals surface area (Å²) in [6.07, 6.45) is 9.78. The molecule has 0 aromatic heterocycles. The van der Waals surface area contributed by atoms with Crippen molar-refractivity contribution >= 4 is 5.69 Å². The molecule has 1 aromatic rings. The molecule has 0 N–H and O–H groups in total. The summed E-state index contributed by atoms with van der Waals surface area (Å²) in [4.78, 5) is 3.54. The Morgan fingerprint density at radius 2 is 1.20 bits per heavy atom. The van der Waals surface area contributed by atoms with Gasteiger partial charge in [0, 0.05) is 0 Å². The molecule has 0 unspecified atom stereocenters. The van der Waals surface area contributed by atoms with Gasteiger partial charge in [0.2, 0.25) is 0 Å². The Morgan fingerprint density at radius 1 is 0.700 bits per heavy atom. The summed E-state index contributed by atoms with van der Waals surface area (Å²) < 4.78 is 12.1. The predicted molar refractivity (Wildman–Crippen MR) is 129 cm³/mol. The van der Waals surface area contributed by atoms with Crippen molar-refractivity contribution in [1.29, 1.82) is 0 Å². The third-order valence-corrected chi connectivity index (χ3v) is 5.75. The summed E-state index contributed by atoms with van der Waals surface area (Å²) in [6.45, 7) is 22.4. The van der Waals surface area contributed by atoms with Crippen molar-refractivity contribution in [3.8, 4) is 11.5 Å². The molecule has 3 nitrogen and oxygen atoms in total. The van der Waals surface area contributed by atoms with Crippen LogP contribution in [-0.4, -0.2) is 13.2 Å². The molecule has 1 aromatic carbocycles. The maximum atomic E-state index is 7.28. The summed E-state index contributed by atoms with van der Waals surface area (Å²) in [5, 5.41) is 0. The first-order chi connectivity index (χ1) is 14.3. The molecule has 0 bridgehead atoms. The molecule has 0 spiro atoms. The predicted octanol–water partition coefficient (Wildman–Crippen LogP) is 8.70. The van der Waals surface area contributed by atoms with Crippen LogP contribution in [0.25, 0.3) is 4.85 Å². The summed E-state index contributed by atoms with van der Waals surface area (Å²) in [5.41, 5.74) is 0.601. The molecule has 0 aliphatic carbocycles. The van der Waals surface area contributed by atoms with Gasteiger partial charge in [-0.2, -0.15) is 0 Å². The monoisotopic (exact) mass is 415 g/mol. The van der Waals surface area contributed by atoms with E-state index in [1.54, 1.807) is 0 Å². The second-order valence-electron chi connectivity index (χ2n) is 9.88. The highest BCUT2D eigenvalue weighted by atomic mass is 16.5. The van der Waals surface area contributed by atoms with Crippen molar-refractivity contribution < 1.29 is 9.47 Å². The van der Waals surface area contributed by atoms with Crippen LogP contribution >= 0.6 is 0 Å². The van der Waals surface area contributed by atoms with Gasteiger partial charge in [0.15, 0.2) is 17.2 Å². The molecule has 0 amide bonds. The van der Waals surface area contributed by atoms with Crippen molar-refractivity contribution in [2.75, 3.05) is 13.2 Å². The molecule has 2 atom stereocenters. The molecule has 0 aliphatic heterocycles. The summed E-state index contributed by atoms with van der Waals surface area (Å²) in [5.74, 6) is 4.37. The van der Waals surface area contributed by atoms with Crippen molar-refractivity contribution in [2.24, 2.45) is 23.7 Å². The molecule has 0 radical (unpaired) electrons. The molecule has 0 fully saturated rings.